The van der Waals surface area contributed by atoms with Crippen molar-refractivity contribution in [2.45, 2.75) is 46.1 Å². The maximum atomic E-state index is 12.9. The highest BCUT2D eigenvalue weighted by molar-refractivity contribution is 6.06. The topological polar surface area (TPSA) is 58.2 Å². The van der Waals surface area contributed by atoms with Gasteiger partial charge in [-0.1, -0.05) is 26.8 Å². The fourth-order valence-electron chi connectivity index (χ4n) is 2.69. The Balaban J connectivity index is 1.95. The van der Waals surface area contributed by atoms with Crippen molar-refractivity contribution < 1.29 is 9.53 Å². The minimum Gasteiger partial charge on any atom is -0.487 e. The first-order valence-electron chi connectivity index (χ1n) is 7.91. The van der Waals surface area contributed by atoms with E-state index in [4.69, 9.17) is 4.74 Å². The summed E-state index contributed by atoms with van der Waals surface area (Å²) in [6.07, 6.45) is -0.0470. The number of carbonyl (C=O) groups excluding carboxylic acids is 1. The molecule has 1 unspecified atom stereocenters. The maximum absolute atomic E-state index is 12.9. The van der Waals surface area contributed by atoms with Gasteiger partial charge in [0, 0.05) is 11.1 Å². The summed E-state index contributed by atoms with van der Waals surface area (Å²) in [6, 6.07) is 7.74. The van der Waals surface area contributed by atoms with Crippen LogP contribution in [0.5, 0.6) is 5.75 Å². The van der Waals surface area contributed by atoms with Crippen LogP contribution in [0.25, 0.3) is 0 Å². The summed E-state index contributed by atoms with van der Waals surface area (Å²) in [7, 11) is 0. The Labute approximate surface area is 136 Å². The first-order chi connectivity index (χ1) is 10.8. The third-order valence-corrected chi connectivity index (χ3v) is 4.02. The lowest BCUT2D eigenvalue weighted by Gasteiger charge is -2.33. The van der Waals surface area contributed by atoms with Crippen molar-refractivity contribution in [3.05, 3.63) is 41.2 Å². The molecule has 1 aromatic carbocycles. The predicted octanol–water partition coefficient (Wildman–Crippen LogP) is 3.44. The number of ether oxygens (including phenoxy) is 1. The van der Waals surface area contributed by atoms with Crippen molar-refractivity contribution in [1.29, 1.82) is 0 Å². The van der Waals surface area contributed by atoms with Gasteiger partial charge >= 0.3 is 0 Å². The molecule has 0 spiro atoms. The number of aryl methyl sites for hydroxylation is 1. The van der Waals surface area contributed by atoms with Crippen LogP contribution >= 0.6 is 0 Å². The Hall–Kier alpha value is -2.30. The molecule has 0 fully saturated rings. The molecule has 2 heterocycles. The molecule has 1 N–H and O–H groups in total. The van der Waals surface area contributed by atoms with E-state index in [0.29, 0.717) is 12.2 Å². The lowest BCUT2D eigenvalue weighted by molar-refractivity contribution is 0.0956. The van der Waals surface area contributed by atoms with Gasteiger partial charge in [0.25, 0.3) is 5.91 Å². The number of nitrogens with zero attached hydrogens (tertiary/aromatic N) is 2. The molecule has 0 radical (unpaired) electrons. The number of aromatic amines is 1. The third kappa shape index (κ3) is 2.96. The molecule has 0 saturated heterocycles. The number of H-pyrrole nitrogens is 1. The molecular formula is C18H23N3O2. The average Bonchev–Trinajstić information content (AvgIpc) is 2.95. The maximum Gasteiger partial charge on any atom is 0.279 e. The molecule has 0 bridgehead atoms. The highest BCUT2D eigenvalue weighted by atomic mass is 16.5. The monoisotopic (exact) mass is 313 g/mol. The van der Waals surface area contributed by atoms with Crippen LogP contribution in [-0.4, -0.2) is 28.8 Å². The largest absolute Gasteiger partial charge is 0.487 e. The molecule has 1 aliphatic heterocycles. The second-order valence-corrected chi connectivity index (χ2v) is 7.23. The second-order valence-electron chi connectivity index (χ2n) is 7.23. The molecule has 122 valence electrons. The van der Waals surface area contributed by atoms with Gasteiger partial charge in [-0.25, -0.2) is 0 Å². The summed E-state index contributed by atoms with van der Waals surface area (Å²) in [5.41, 5.74) is 3.24. The molecule has 1 aromatic heterocycles. The quantitative estimate of drug-likeness (QED) is 0.877. The van der Waals surface area contributed by atoms with E-state index in [-0.39, 0.29) is 17.4 Å². The Morgan fingerprint density at radius 1 is 1.35 bits per heavy atom. The van der Waals surface area contributed by atoms with Crippen LogP contribution in [-0.2, 0) is 5.41 Å². The van der Waals surface area contributed by atoms with E-state index in [1.54, 1.807) is 4.90 Å². The average molecular weight is 313 g/mol. The Morgan fingerprint density at radius 3 is 2.74 bits per heavy atom. The zero-order chi connectivity index (χ0) is 16.8. The molecule has 2 aromatic rings. The van der Waals surface area contributed by atoms with Crippen LogP contribution in [0, 0.1) is 6.92 Å². The third-order valence-electron chi connectivity index (χ3n) is 4.02. The van der Waals surface area contributed by atoms with Crippen molar-refractivity contribution >= 4 is 11.6 Å². The number of carbonyl (C=O) groups is 1. The summed E-state index contributed by atoms with van der Waals surface area (Å²) < 4.78 is 5.87. The SMILES string of the molecule is Cc1ccc2c(c1)OC(C)CN2C(=O)c1cc(C(C)(C)C)[nH]n1. The molecule has 0 saturated carbocycles. The van der Waals surface area contributed by atoms with Gasteiger partial charge in [-0.05, 0) is 37.6 Å². The summed E-state index contributed by atoms with van der Waals surface area (Å²) in [5.74, 6) is 0.653. The smallest absolute Gasteiger partial charge is 0.279 e. The van der Waals surface area contributed by atoms with Gasteiger partial charge < -0.3 is 4.74 Å². The molecular weight excluding hydrogens is 290 g/mol. The second kappa shape index (κ2) is 5.41. The number of rotatable bonds is 1. The minimum absolute atomic E-state index is 0.0470. The fourth-order valence-corrected chi connectivity index (χ4v) is 2.69. The van der Waals surface area contributed by atoms with E-state index >= 15 is 0 Å². The molecule has 5 heteroatoms. The molecule has 1 aliphatic rings. The molecule has 23 heavy (non-hydrogen) atoms. The molecule has 1 amide bonds. The van der Waals surface area contributed by atoms with Crippen LogP contribution in [0.2, 0.25) is 0 Å². The van der Waals surface area contributed by atoms with Crippen LogP contribution < -0.4 is 9.64 Å². The molecule has 1 atom stereocenters. The van der Waals surface area contributed by atoms with Gasteiger partial charge in [-0.3, -0.25) is 14.8 Å². The molecule has 0 aliphatic carbocycles. The standard InChI is InChI=1S/C18H23N3O2/c1-11-6-7-14-15(8-11)23-12(2)10-21(14)17(22)13-9-16(20-19-13)18(3,4)5/h6-9,12H,10H2,1-5H3,(H,19,20). The lowest BCUT2D eigenvalue weighted by Crippen LogP contribution is -2.42. The fraction of sp³-hybridized carbons (Fsp3) is 0.444. The van der Waals surface area contributed by atoms with Gasteiger partial charge in [0.15, 0.2) is 5.69 Å². The number of hydrogen-bond acceptors (Lipinski definition) is 3. The van der Waals surface area contributed by atoms with Gasteiger partial charge in [0.05, 0.1) is 12.2 Å². The lowest BCUT2D eigenvalue weighted by atomic mass is 9.92. The number of anilines is 1. The van der Waals surface area contributed by atoms with Crippen molar-refractivity contribution in [2.24, 2.45) is 0 Å². The Morgan fingerprint density at radius 2 is 2.09 bits per heavy atom. The number of hydrogen-bond donors (Lipinski definition) is 1. The zero-order valence-corrected chi connectivity index (χ0v) is 14.3. The van der Waals surface area contributed by atoms with Gasteiger partial charge in [-0.15, -0.1) is 0 Å². The minimum atomic E-state index is -0.1000. The molecule has 5 nitrogen and oxygen atoms in total. The predicted molar refractivity (Wildman–Crippen MR) is 90.2 cm³/mol. The van der Waals surface area contributed by atoms with Gasteiger partial charge in [-0.2, -0.15) is 5.10 Å². The zero-order valence-electron chi connectivity index (χ0n) is 14.3. The molecule has 3 rings (SSSR count). The van der Waals surface area contributed by atoms with E-state index in [0.717, 1.165) is 22.7 Å². The number of benzene rings is 1. The number of fused-ring (bicyclic) bond motifs is 1. The normalized spacial score (nSPS) is 17.6. The van der Waals surface area contributed by atoms with Gasteiger partial charge in [0.1, 0.15) is 11.9 Å². The van der Waals surface area contributed by atoms with E-state index in [9.17, 15) is 4.79 Å². The van der Waals surface area contributed by atoms with Crippen LogP contribution in [0.3, 0.4) is 0 Å². The highest BCUT2D eigenvalue weighted by Crippen LogP contribution is 2.35. The number of amides is 1. The van der Waals surface area contributed by atoms with Crippen molar-refractivity contribution in [2.75, 3.05) is 11.4 Å². The van der Waals surface area contributed by atoms with E-state index in [1.807, 2.05) is 38.1 Å². The van der Waals surface area contributed by atoms with E-state index < -0.39 is 0 Å². The van der Waals surface area contributed by atoms with Crippen molar-refractivity contribution in [3.63, 3.8) is 0 Å². The highest BCUT2D eigenvalue weighted by Gasteiger charge is 2.30. The summed E-state index contributed by atoms with van der Waals surface area (Å²) in [5, 5.41) is 7.20. The van der Waals surface area contributed by atoms with Crippen LogP contribution in [0.1, 0.15) is 49.4 Å². The number of aromatic nitrogens is 2. The van der Waals surface area contributed by atoms with Crippen molar-refractivity contribution in [1.82, 2.24) is 10.2 Å². The summed E-state index contributed by atoms with van der Waals surface area (Å²) in [4.78, 5) is 14.7. The summed E-state index contributed by atoms with van der Waals surface area (Å²) >= 11 is 0. The summed E-state index contributed by atoms with van der Waals surface area (Å²) in [6.45, 7) is 10.8. The van der Waals surface area contributed by atoms with Crippen LogP contribution in [0.4, 0.5) is 5.69 Å². The Kier molecular flexibility index (Phi) is 3.66. The van der Waals surface area contributed by atoms with Gasteiger partial charge in [0.2, 0.25) is 0 Å². The van der Waals surface area contributed by atoms with Crippen LogP contribution in [0.15, 0.2) is 24.3 Å². The van der Waals surface area contributed by atoms with Crippen molar-refractivity contribution in [3.8, 4) is 5.75 Å². The first kappa shape index (κ1) is 15.6. The van der Waals surface area contributed by atoms with E-state index in [1.165, 1.54) is 0 Å². The van der Waals surface area contributed by atoms with E-state index in [2.05, 4.69) is 31.0 Å². The number of nitrogens with one attached hydrogen (secondary N) is 1. The Bertz CT molecular complexity index is 743. The first-order valence-corrected chi connectivity index (χ1v) is 7.91.